The molecule has 0 radical (unpaired) electrons. The lowest BCUT2D eigenvalue weighted by Crippen LogP contribution is -2.31. The summed E-state index contributed by atoms with van der Waals surface area (Å²) in [4.78, 5) is 11.8. The van der Waals surface area contributed by atoms with Crippen LogP contribution < -0.4 is 5.73 Å². The smallest absolute Gasteiger partial charge is 0.179 e. The lowest BCUT2D eigenvalue weighted by Gasteiger charge is -2.09. The van der Waals surface area contributed by atoms with E-state index in [0.717, 1.165) is 17.7 Å². The Morgan fingerprint density at radius 1 is 1.40 bits per heavy atom. The van der Waals surface area contributed by atoms with Crippen molar-refractivity contribution in [1.29, 1.82) is 0 Å². The van der Waals surface area contributed by atoms with Crippen molar-refractivity contribution in [1.82, 2.24) is 0 Å². The molecule has 1 aromatic rings. The highest BCUT2D eigenvalue weighted by Gasteiger charge is 2.14. The van der Waals surface area contributed by atoms with Gasteiger partial charge in [-0.15, -0.1) is 0 Å². The second kappa shape index (κ2) is 5.93. The first kappa shape index (κ1) is 12.3. The minimum atomic E-state index is -0.361. The number of Topliss-reactive ketones (excluding diaryl/α,β-unsaturated/α-hetero) is 1. The number of rotatable bonds is 5. The van der Waals surface area contributed by atoms with Crippen LogP contribution in [0.1, 0.15) is 22.3 Å². The van der Waals surface area contributed by atoms with E-state index in [0.29, 0.717) is 5.56 Å². The average molecular weight is 223 g/mol. The first-order valence-electron chi connectivity index (χ1n) is 5.00. The van der Waals surface area contributed by atoms with Crippen LogP contribution >= 0.6 is 11.8 Å². The number of hydrogen-bond donors (Lipinski definition) is 1. The van der Waals surface area contributed by atoms with Crippen molar-refractivity contribution in [2.75, 3.05) is 12.0 Å². The van der Waals surface area contributed by atoms with Gasteiger partial charge in [0.1, 0.15) is 0 Å². The fourth-order valence-corrected chi connectivity index (χ4v) is 1.80. The van der Waals surface area contributed by atoms with Crippen LogP contribution in [0.2, 0.25) is 0 Å². The fraction of sp³-hybridized carbons (Fsp3) is 0.417. The Hall–Kier alpha value is -0.800. The molecule has 1 rings (SSSR count). The molecule has 0 amide bonds. The van der Waals surface area contributed by atoms with Crippen LogP contribution in [-0.4, -0.2) is 23.8 Å². The van der Waals surface area contributed by atoms with Gasteiger partial charge in [0.05, 0.1) is 6.04 Å². The molecule has 0 heterocycles. The molecule has 0 aliphatic rings. The van der Waals surface area contributed by atoms with Crippen molar-refractivity contribution >= 4 is 17.5 Å². The maximum absolute atomic E-state index is 11.8. The van der Waals surface area contributed by atoms with Crippen molar-refractivity contribution in [2.45, 2.75) is 19.4 Å². The van der Waals surface area contributed by atoms with Gasteiger partial charge in [-0.05, 0) is 25.4 Å². The number of ketones is 1. The average Bonchev–Trinajstić information content (AvgIpc) is 2.26. The second-order valence-electron chi connectivity index (χ2n) is 3.62. The zero-order valence-electron chi connectivity index (χ0n) is 9.19. The standard InChI is InChI=1S/C12H17NOS/c1-9-3-5-10(6-4-9)12(14)11(13)7-8-15-2/h3-6,11H,7-8,13H2,1-2H3. The van der Waals surface area contributed by atoms with Gasteiger partial charge in [0.2, 0.25) is 0 Å². The topological polar surface area (TPSA) is 43.1 Å². The lowest BCUT2D eigenvalue weighted by molar-refractivity contribution is 0.0960. The molecule has 2 nitrogen and oxygen atoms in total. The van der Waals surface area contributed by atoms with Crippen molar-refractivity contribution in [3.05, 3.63) is 35.4 Å². The molecule has 1 aromatic carbocycles. The molecule has 3 heteroatoms. The molecule has 0 fully saturated rings. The lowest BCUT2D eigenvalue weighted by atomic mass is 10.0. The molecular formula is C12H17NOS. The summed E-state index contributed by atoms with van der Waals surface area (Å²) in [7, 11) is 0. The van der Waals surface area contributed by atoms with Crippen molar-refractivity contribution < 1.29 is 4.79 Å². The molecule has 0 saturated carbocycles. The Balaban J connectivity index is 2.63. The number of benzene rings is 1. The summed E-state index contributed by atoms with van der Waals surface area (Å²) in [6, 6.07) is 7.20. The molecule has 0 saturated heterocycles. The second-order valence-corrected chi connectivity index (χ2v) is 4.60. The van der Waals surface area contributed by atoms with E-state index in [1.165, 1.54) is 0 Å². The molecule has 2 N–H and O–H groups in total. The number of carbonyl (C=O) groups excluding carboxylic acids is 1. The predicted molar refractivity (Wildman–Crippen MR) is 66.5 cm³/mol. The summed E-state index contributed by atoms with van der Waals surface area (Å²) in [6.07, 6.45) is 2.76. The summed E-state index contributed by atoms with van der Waals surface area (Å²) in [6.45, 7) is 2.00. The van der Waals surface area contributed by atoms with Crippen molar-refractivity contribution in [3.8, 4) is 0 Å². The fourth-order valence-electron chi connectivity index (χ4n) is 1.31. The van der Waals surface area contributed by atoms with E-state index in [-0.39, 0.29) is 11.8 Å². The Bertz CT molecular complexity index is 321. The van der Waals surface area contributed by atoms with Crippen molar-refractivity contribution in [3.63, 3.8) is 0 Å². The maximum Gasteiger partial charge on any atom is 0.179 e. The summed E-state index contributed by atoms with van der Waals surface area (Å²) in [5.41, 5.74) is 7.68. The molecule has 0 aliphatic carbocycles. The largest absolute Gasteiger partial charge is 0.321 e. The van der Waals surface area contributed by atoms with Crippen LogP contribution in [0.15, 0.2) is 24.3 Å². The monoisotopic (exact) mass is 223 g/mol. The summed E-state index contributed by atoms with van der Waals surface area (Å²) >= 11 is 1.71. The molecule has 82 valence electrons. The summed E-state index contributed by atoms with van der Waals surface area (Å²) < 4.78 is 0. The Morgan fingerprint density at radius 3 is 2.53 bits per heavy atom. The highest BCUT2D eigenvalue weighted by molar-refractivity contribution is 7.98. The third kappa shape index (κ3) is 3.68. The zero-order chi connectivity index (χ0) is 11.3. The van der Waals surface area contributed by atoms with Crippen molar-refractivity contribution in [2.24, 2.45) is 5.73 Å². The number of thioether (sulfide) groups is 1. The van der Waals surface area contributed by atoms with Gasteiger partial charge in [-0.1, -0.05) is 29.8 Å². The van der Waals surface area contributed by atoms with E-state index in [1.807, 2.05) is 37.4 Å². The van der Waals surface area contributed by atoms with Crippen LogP contribution in [-0.2, 0) is 0 Å². The van der Waals surface area contributed by atoms with E-state index in [2.05, 4.69) is 0 Å². The third-order valence-electron chi connectivity index (χ3n) is 2.31. The molecule has 0 bridgehead atoms. The van der Waals surface area contributed by atoms with E-state index < -0.39 is 0 Å². The molecule has 1 unspecified atom stereocenters. The minimum Gasteiger partial charge on any atom is -0.321 e. The van der Waals surface area contributed by atoms with E-state index in [9.17, 15) is 4.79 Å². The Kier molecular flexibility index (Phi) is 4.85. The van der Waals surface area contributed by atoms with Crippen LogP contribution in [0.5, 0.6) is 0 Å². The van der Waals surface area contributed by atoms with E-state index in [4.69, 9.17) is 5.73 Å². The Morgan fingerprint density at radius 2 is 2.00 bits per heavy atom. The highest BCUT2D eigenvalue weighted by atomic mass is 32.2. The van der Waals surface area contributed by atoms with Crippen LogP contribution in [0, 0.1) is 6.92 Å². The zero-order valence-corrected chi connectivity index (χ0v) is 10.0. The van der Waals surface area contributed by atoms with Crippen LogP contribution in [0.3, 0.4) is 0 Å². The Labute approximate surface area is 95.2 Å². The number of hydrogen-bond acceptors (Lipinski definition) is 3. The van der Waals surface area contributed by atoms with Crippen LogP contribution in [0.4, 0.5) is 0 Å². The third-order valence-corrected chi connectivity index (χ3v) is 2.95. The number of nitrogens with two attached hydrogens (primary N) is 1. The quantitative estimate of drug-likeness (QED) is 0.779. The maximum atomic E-state index is 11.8. The predicted octanol–water partition coefficient (Wildman–Crippen LogP) is 2.26. The first-order valence-corrected chi connectivity index (χ1v) is 6.40. The van der Waals surface area contributed by atoms with Gasteiger partial charge in [0.15, 0.2) is 5.78 Å². The number of aryl methyl sites for hydroxylation is 1. The SMILES string of the molecule is CSCCC(N)C(=O)c1ccc(C)cc1. The molecule has 0 spiro atoms. The van der Waals surface area contributed by atoms with Gasteiger partial charge in [-0.25, -0.2) is 0 Å². The van der Waals surface area contributed by atoms with Crippen LogP contribution in [0.25, 0.3) is 0 Å². The normalized spacial score (nSPS) is 12.5. The van der Waals surface area contributed by atoms with Gasteiger partial charge >= 0.3 is 0 Å². The molecule has 1 atom stereocenters. The first-order chi connectivity index (χ1) is 7.15. The van der Waals surface area contributed by atoms with Gasteiger partial charge in [-0.2, -0.15) is 11.8 Å². The number of carbonyl (C=O) groups is 1. The van der Waals surface area contributed by atoms with E-state index in [1.54, 1.807) is 11.8 Å². The highest BCUT2D eigenvalue weighted by Crippen LogP contribution is 2.08. The molecule has 0 aliphatic heterocycles. The molecule has 15 heavy (non-hydrogen) atoms. The summed E-state index contributed by atoms with van der Waals surface area (Å²) in [5, 5.41) is 0. The van der Waals surface area contributed by atoms with Gasteiger partial charge < -0.3 is 5.73 Å². The van der Waals surface area contributed by atoms with E-state index >= 15 is 0 Å². The van der Waals surface area contributed by atoms with Gasteiger partial charge in [0.25, 0.3) is 0 Å². The minimum absolute atomic E-state index is 0.0454. The molecular weight excluding hydrogens is 206 g/mol. The summed E-state index contributed by atoms with van der Waals surface area (Å²) in [5.74, 6) is 0.975. The van der Waals surface area contributed by atoms with Gasteiger partial charge in [0, 0.05) is 5.56 Å². The molecule has 0 aromatic heterocycles. The van der Waals surface area contributed by atoms with Gasteiger partial charge in [-0.3, -0.25) is 4.79 Å².